The van der Waals surface area contributed by atoms with Crippen molar-refractivity contribution in [1.29, 1.82) is 0 Å². The third-order valence-corrected chi connectivity index (χ3v) is 3.87. The average Bonchev–Trinajstić information content (AvgIpc) is 2.58. The molecule has 0 saturated carbocycles. The van der Waals surface area contributed by atoms with Crippen LogP contribution in [0.1, 0.15) is 16.2 Å². The third kappa shape index (κ3) is 4.47. The Morgan fingerprint density at radius 3 is 2.58 bits per heavy atom. The van der Waals surface area contributed by atoms with Gasteiger partial charge in [-0.2, -0.15) is 0 Å². The van der Waals surface area contributed by atoms with Gasteiger partial charge in [0.2, 0.25) is 5.95 Å². The first-order chi connectivity index (χ1) is 12.4. The monoisotopic (exact) mass is 390 g/mol. The molecule has 26 heavy (non-hydrogen) atoms. The van der Waals surface area contributed by atoms with Gasteiger partial charge in [-0.15, -0.1) is 0 Å². The lowest BCUT2D eigenvalue weighted by molar-refractivity contribution is 0.102. The van der Waals surface area contributed by atoms with E-state index in [1.54, 1.807) is 37.3 Å². The molecule has 1 heterocycles. The molecule has 0 aliphatic rings. The summed E-state index contributed by atoms with van der Waals surface area (Å²) < 4.78 is 13.3. The van der Waals surface area contributed by atoms with Gasteiger partial charge in [-0.05, 0) is 49.4 Å². The van der Waals surface area contributed by atoms with Gasteiger partial charge in [-0.1, -0.05) is 29.3 Å². The van der Waals surface area contributed by atoms with Crippen LogP contribution in [0.4, 0.5) is 21.7 Å². The lowest BCUT2D eigenvalue weighted by Gasteiger charge is -2.09. The van der Waals surface area contributed by atoms with Gasteiger partial charge in [-0.3, -0.25) is 4.79 Å². The van der Waals surface area contributed by atoms with Gasteiger partial charge in [0.05, 0.1) is 5.02 Å². The van der Waals surface area contributed by atoms with Crippen molar-refractivity contribution in [3.63, 3.8) is 0 Å². The smallest absolute Gasteiger partial charge is 0.274 e. The van der Waals surface area contributed by atoms with Crippen LogP contribution in [0, 0.1) is 12.7 Å². The number of benzene rings is 2. The number of rotatable bonds is 4. The molecule has 1 aromatic heterocycles. The summed E-state index contributed by atoms with van der Waals surface area (Å²) in [7, 11) is 0. The van der Waals surface area contributed by atoms with Crippen molar-refractivity contribution in [2.24, 2.45) is 0 Å². The molecule has 2 aromatic carbocycles. The lowest BCUT2D eigenvalue weighted by Crippen LogP contribution is -2.15. The Morgan fingerprint density at radius 2 is 1.85 bits per heavy atom. The lowest BCUT2D eigenvalue weighted by atomic mass is 10.3. The van der Waals surface area contributed by atoms with Crippen LogP contribution in [0.25, 0.3) is 0 Å². The molecule has 8 heteroatoms. The zero-order valence-corrected chi connectivity index (χ0v) is 15.1. The van der Waals surface area contributed by atoms with Crippen molar-refractivity contribution >= 4 is 46.4 Å². The Bertz CT molecular complexity index is 981. The van der Waals surface area contributed by atoms with Gasteiger partial charge < -0.3 is 10.6 Å². The van der Waals surface area contributed by atoms with E-state index in [1.807, 2.05) is 0 Å². The summed E-state index contributed by atoms with van der Waals surface area (Å²) in [5.41, 5.74) is 1.82. The molecular weight excluding hydrogens is 378 g/mol. The van der Waals surface area contributed by atoms with E-state index >= 15 is 0 Å². The molecule has 0 bridgehead atoms. The average molecular weight is 391 g/mol. The number of carbonyl (C=O) groups excluding carboxylic acids is 1. The fourth-order valence-electron chi connectivity index (χ4n) is 2.21. The first kappa shape index (κ1) is 18.1. The molecule has 0 saturated heterocycles. The number of carbonyl (C=O) groups is 1. The number of nitrogens with one attached hydrogen (secondary N) is 2. The Hall–Kier alpha value is -2.70. The van der Waals surface area contributed by atoms with E-state index < -0.39 is 11.7 Å². The Kier molecular flexibility index (Phi) is 5.35. The first-order valence-electron chi connectivity index (χ1n) is 7.55. The van der Waals surface area contributed by atoms with Crippen LogP contribution in [0.2, 0.25) is 10.0 Å². The van der Waals surface area contributed by atoms with Crippen LogP contribution >= 0.6 is 23.2 Å². The summed E-state index contributed by atoms with van der Waals surface area (Å²) in [6.45, 7) is 1.74. The highest BCUT2D eigenvalue weighted by Gasteiger charge is 2.12. The van der Waals surface area contributed by atoms with Crippen LogP contribution in [-0.2, 0) is 0 Å². The Balaban J connectivity index is 1.82. The summed E-state index contributed by atoms with van der Waals surface area (Å²) in [6, 6.07) is 12.5. The molecule has 5 nitrogen and oxygen atoms in total. The van der Waals surface area contributed by atoms with Gasteiger partial charge in [0.15, 0.2) is 0 Å². The van der Waals surface area contributed by atoms with Crippen LogP contribution in [-0.4, -0.2) is 15.9 Å². The number of aryl methyl sites for hydroxylation is 1. The van der Waals surface area contributed by atoms with Gasteiger partial charge >= 0.3 is 0 Å². The van der Waals surface area contributed by atoms with E-state index in [2.05, 4.69) is 20.6 Å². The first-order valence-corrected chi connectivity index (χ1v) is 8.31. The molecule has 0 radical (unpaired) electrons. The second kappa shape index (κ2) is 7.68. The van der Waals surface area contributed by atoms with Crippen LogP contribution in [0.5, 0.6) is 0 Å². The number of hydrogen-bond donors (Lipinski definition) is 2. The van der Waals surface area contributed by atoms with E-state index in [9.17, 15) is 9.18 Å². The van der Waals surface area contributed by atoms with Gasteiger partial charge in [-0.25, -0.2) is 14.4 Å². The Morgan fingerprint density at radius 1 is 1.04 bits per heavy atom. The van der Waals surface area contributed by atoms with Crippen molar-refractivity contribution in [3.05, 3.63) is 75.8 Å². The fraction of sp³-hybridized carbons (Fsp3) is 0.0556. The molecule has 0 atom stereocenters. The topological polar surface area (TPSA) is 66.9 Å². The maximum atomic E-state index is 13.3. The molecule has 3 rings (SSSR count). The predicted octanol–water partition coefficient (Wildman–Crippen LogP) is 5.23. The molecule has 132 valence electrons. The minimum absolute atomic E-state index is 0.0263. The molecule has 0 fully saturated rings. The zero-order valence-electron chi connectivity index (χ0n) is 13.6. The van der Waals surface area contributed by atoms with Crippen LogP contribution in [0.3, 0.4) is 0 Å². The highest BCUT2D eigenvalue weighted by molar-refractivity contribution is 6.31. The van der Waals surface area contributed by atoms with Crippen molar-refractivity contribution in [2.75, 3.05) is 10.6 Å². The van der Waals surface area contributed by atoms with Crippen molar-refractivity contribution in [2.45, 2.75) is 6.92 Å². The molecule has 3 aromatic rings. The normalized spacial score (nSPS) is 10.5. The van der Waals surface area contributed by atoms with E-state index in [0.717, 1.165) is 0 Å². The summed E-state index contributed by atoms with van der Waals surface area (Å²) >= 11 is 11.7. The number of aromatic nitrogens is 2. The van der Waals surface area contributed by atoms with E-state index in [4.69, 9.17) is 23.2 Å². The van der Waals surface area contributed by atoms with E-state index in [0.29, 0.717) is 22.1 Å². The largest absolute Gasteiger partial charge is 0.324 e. The molecule has 2 N–H and O–H groups in total. The van der Waals surface area contributed by atoms with Crippen LogP contribution < -0.4 is 10.6 Å². The number of anilines is 3. The minimum Gasteiger partial charge on any atom is -0.324 e. The highest BCUT2D eigenvalue weighted by Crippen LogP contribution is 2.22. The van der Waals surface area contributed by atoms with Crippen molar-refractivity contribution < 1.29 is 9.18 Å². The Labute approximate surface area is 159 Å². The highest BCUT2D eigenvalue weighted by atomic mass is 35.5. The maximum absolute atomic E-state index is 13.3. The van der Waals surface area contributed by atoms with Crippen molar-refractivity contribution in [1.82, 2.24) is 9.97 Å². The van der Waals surface area contributed by atoms with E-state index in [1.165, 1.54) is 18.2 Å². The standard InChI is InChI=1S/C18H13Cl2FN4O/c1-10-7-16(17(26)23-12-4-2-3-11(19)8-12)25-18(22-10)24-13-5-6-15(21)14(20)9-13/h2-9H,1H3,(H,23,26)(H,22,24,25). The number of amides is 1. The SMILES string of the molecule is Cc1cc(C(=O)Nc2cccc(Cl)c2)nc(Nc2ccc(F)c(Cl)c2)n1. The van der Waals surface area contributed by atoms with Crippen LogP contribution in [0.15, 0.2) is 48.5 Å². The predicted molar refractivity (Wildman–Crippen MR) is 101 cm³/mol. The van der Waals surface area contributed by atoms with Gasteiger partial charge in [0, 0.05) is 22.1 Å². The summed E-state index contributed by atoms with van der Waals surface area (Å²) in [5, 5.41) is 6.11. The molecular formula is C18H13Cl2FN4O. The maximum Gasteiger partial charge on any atom is 0.274 e. The zero-order chi connectivity index (χ0) is 18.7. The van der Waals surface area contributed by atoms with Crippen molar-refractivity contribution in [3.8, 4) is 0 Å². The number of nitrogens with zero attached hydrogens (tertiary/aromatic N) is 2. The molecule has 0 spiro atoms. The number of hydrogen-bond acceptors (Lipinski definition) is 4. The summed E-state index contributed by atoms with van der Waals surface area (Å²) in [4.78, 5) is 20.9. The molecule has 0 unspecified atom stereocenters. The summed E-state index contributed by atoms with van der Waals surface area (Å²) in [5.74, 6) is -0.731. The second-order valence-corrected chi connectivity index (χ2v) is 6.28. The molecule has 1 amide bonds. The molecule has 0 aliphatic heterocycles. The van der Waals surface area contributed by atoms with Gasteiger partial charge in [0.25, 0.3) is 5.91 Å². The summed E-state index contributed by atoms with van der Waals surface area (Å²) in [6.07, 6.45) is 0. The molecule has 0 aliphatic carbocycles. The third-order valence-electron chi connectivity index (χ3n) is 3.35. The minimum atomic E-state index is -0.524. The van der Waals surface area contributed by atoms with E-state index in [-0.39, 0.29) is 16.7 Å². The quantitative estimate of drug-likeness (QED) is 0.640. The second-order valence-electron chi connectivity index (χ2n) is 5.44. The fourth-order valence-corrected chi connectivity index (χ4v) is 2.58. The van der Waals surface area contributed by atoms with Gasteiger partial charge in [0.1, 0.15) is 11.5 Å². The number of halogens is 3.